The number of aromatic nitrogens is 4. The van der Waals surface area contributed by atoms with Crippen LogP contribution in [0.25, 0.3) is 23.0 Å². The molecule has 0 aliphatic rings. The van der Waals surface area contributed by atoms with Gasteiger partial charge < -0.3 is 10.2 Å². The number of benzene rings is 1. The van der Waals surface area contributed by atoms with Gasteiger partial charge in [-0.1, -0.05) is 22.0 Å². The Morgan fingerprint density at radius 2 is 1.95 bits per heavy atom. The molecule has 1 aromatic carbocycles. The zero-order valence-corrected chi connectivity index (χ0v) is 13.1. The van der Waals surface area contributed by atoms with Crippen LogP contribution in [0.3, 0.4) is 0 Å². The van der Waals surface area contributed by atoms with Crippen molar-refractivity contribution in [3.05, 3.63) is 42.0 Å². The first-order chi connectivity index (χ1) is 10.5. The van der Waals surface area contributed by atoms with Crippen LogP contribution < -0.4 is 5.73 Å². The van der Waals surface area contributed by atoms with E-state index < -0.39 is 5.82 Å². The fourth-order valence-electron chi connectivity index (χ4n) is 1.84. The quantitative estimate of drug-likeness (QED) is 0.717. The lowest BCUT2D eigenvalue weighted by Gasteiger charge is -2.05. The molecule has 2 N–H and O–H groups in total. The summed E-state index contributed by atoms with van der Waals surface area (Å²) in [6.07, 6.45) is 2.80. The second-order valence-electron chi connectivity index (χ2n) is 4.59. The summed E-state index contributed by atoms with van der Waals surface area (Å²) < 4.78 is 19.6. The summed E-state index contributed by atoms with van der Waals surface area (Å²) in [7, 11) is 0. The van der Waals surface area contributed by atoms with E-state index in [1.54, 1.807) is 12.1 Å². The van der Waals surface area contributed by atoms with Gasteiger partial charge in [-0.3, -0.25) is 0 Å². The highest BCUT2D eigenvalue weighted by Gasteiger charge is 2.16. The lowest BCUT2D eigenvalue weighted by molar-refractivity contribution is 0.568. The van der Waals surface area contributed by atoms with Gasteiger partial charge in [0.2, 0.25) is 0 Å². The Hall–Kier alpha value is -2.35. The molecule has 3 aromatic rings. The summed E-state index contributed by atoms with van der Waals surface area (Å²) in [6.45, 7) is 1.92. The monoisotopic (exact) mass is 363 g/mol. The second kappa shape index (κ2) is 5.80. The molecule has 0 saturated carbocycles. The maximum absolute atomic E-state index is 14.2. The number of nitrogen functional groups attached to an aromatic ring is 1. The standard InChI is InChI=1S/C14H11BrFN5O/c1-7(15)8-2-3-9(10(16)4-8)13-20-21-14(22-13)11-5-19-12(17)6-18-11/h2-7H,1H3,(H2,17,19). The van der Waals surface area contributed by atoms with Crippen molar-refractivity contribution in [2.24, 2.45) is 0 Å². The molecule has 0 saturated heterocycles. The van der Waals surface area contributed by atoms with Crippen LogP contribution in [0.4, 0.5) is 10.2 Å². The molecule has 0 amide bonds. The van der Waals surface area contributed by atoms with E-state index in [9.17, 15) is 4.39 Å². The molecule has 8 heteroatoms. The molecule has 22 heavy (non-hydrogen) atoms. The van der Waals surface area contributed by atoms with Gasteiger partial charge in [-0.15, -0.1) is 10.2 Å². The molecule has 0 radical (unpaired) electrons. The minimum atomic E-state index is -0.428. The molecule has 0 bridgehead atoms. The molecule has 1 unspecified atom stereocenters. The molecule has 0 aliphatic heterocycles. The molecule has 112 valence electrons. The van der Waals surface area contributed by atoms with Crippen molar-refractivity contribution in [1.29, 1.82) is 0 Å². The minimum absolute atomic E-state index is 0.0550. The largest absolute Gasteiger partial charge is 0.414 e. The summed E-state index contributed by atoms with van der Waals surface area (Å²) in [5, 5.41) is 7.71. The molecule has 2 aromatic heterocycles. The summed E-state index contributed by atoms with van der Waals surface area (Å²) in [6, 6.07) is 4.83. The summed E-state index contributed by atoms with van der Waals surface area (Å²) >= 11 is 3.39. The zero-order valence-electron chi connectivity index (χ0n) is 11.5. The number of alkyl halides is 1. The summed E-state index contributed by atoms with van der Waals surface area (Å²) in [4.78, 5) is 7.98. The Morgan fingerprint density at radius 1 is 1.18 bits per heavy atom. The molecule has 0 spiro atoms. The van der Waals surface area contributed by atoms with Crippen molar-refractivity contribution in [3.63, 3.8) is 0 Å². The van der Waals surface area contributed by atoms with Crippen molar-refractivity contribution < 1.29 is 8.81 Å². The Kier molecular flexibility index (Phi) is 3.84. The van der Waals surface area contributed by atoms with Gasteiger partial charge in [0.25, 0.3) is 11.8 Å². The van der Waals surface area contributed by atoms with Gasteiger partial charge in [0.15, 0.2) is 0 Å². The highest BCUT2D eigenvalue weighted by Crippen LogP contribution is 2.29. The third-order valence-corrected chi connectivity index (χ3v) is 3.53. The maximum atomic E-state index is 14.2. The Labute approximate surface area is 133 Å². The van der Waals surface area contributed by atoms with Crippen molar-refractivity contribution in [1.82, 2.24) is 20.2 Å². The van der Waals surface area contributed by atoms with Crippen LogP contribution in [0.15, 0.2) is 35.0 Å². The number of halogens is 2. The van der Waals surface area contributed by atoms with E-state index in [0.717, 1.165) is 5.56 Å². The highest BCUT2D eigenvalue weighted by molar-refractivity contribution is 9.09. The van der Waals surface area contributed by atoms with Crippen molar-refractivity contribution in [2.75, 3.05) is 5.73 Å². The van der Waals surface area contributed by atoms with Gasteiger partial charge >= 0.3 is 0 Å². The SMILES string of the molecule is CC(Br)c1ccc(-c2nnc(-c3cnc(N)cn3)o2)c(F)c1. The number of nitrogens with two attached hydrogens (primary N) is 1. The lowest BCUT2D eigenvalue weighted by Crippen LogP contribution is -1.92. The lowest BCUT2D eigenvalue weighted by atomic mass is 10.1. The van der Waals surface area contributed by atoms with E-state index in [2.05, 4.69) is 36.1 Å². The first-order valence-electron chi connectivity index (χ1n) is 6.40. The molecule has 0 fully saturated rings. The van der Waals surface area contributed by atoms with E-state index in [0.29, 0.717) is 5.69 Å². The van der Waals surface area contributed by atoms with E-state index in [1.807, 2.05) is 6.92 Å². The van der Waals surface area contributed by atoms with Gasteiger partial charge in [0.1, 0.15) is 17.3 Å². The second-order valence-corrected chi connectivity index (χ2v) is 5.97. The molecular weight excluding hydrogens is 353 g/mol. The third-order valence-electron chi connectivity index (χ3n) is 3.00. The fraction of sp³-hybridized carbons (Fsp3) is 0.143. The van der Waals surface area contributed by atoms with Crippen molar-refractivity contribution in [2.45, 2.75) is 11.8 Å². The molecule has 6 nitrogen and oxygen atoms in total. The third kappa shape index (κ3) is 2.82. The van der Waals surface area contributed by atoms with Crippen LogP contribution in [-0.2, 0) is 0 Å². The van der Waals surface area contributed by atoms with Crippen molar-refractivity contribution in [3.8, 4) is 23.0 Å². The average Bonchev–Trinajstić information content (AvgIpc) is 2.97. The van der Waals surface area contributed by atoms with E-state index in [-0.39, 0.29) is 28.0 Å². The van der Waals surface area contributed by atoms with Gasteiger partial charge in [0, 0.05) is 4.83 Å². The van der Waals surface area contributed by atoms with Gasteiger partial charge in [-0.05, 0) is 24.6 Å². The Morgan fingerprint density at radius 3 is 2.59 bits per heavy atom. The normalized spacial score (nSPS) is 12.3. The van der Waals surface area contributed by atoms with Gasteiger partial charge in [-0.25, -0.2) is 14.4 Å². The predicted molar refractivity (Wildman–Crippen MR) is 82.5 cm³/mol. The number of rotatable bonds is 3. The summed E-state index contributed by atoms with van der Waals surface area (Å²) in [5.41, 5.74) is 6.90. The van der Waals surface area contributed by atoms with Crippen LogP contribution in [0.5, 0.6) is 0 Å². The first kappa shape index (κ1) is 14.6. The van der Waals surface area contributed by atoms with E-state index in [4.69, 9.17) is 10.2 Å². The number of nitrogens with zero attached hydrogens (tertiary/aromatic N) is 4. The number of anilines is 1. The Balaban J connectivity index is 1.95. The fourth-order valence-corrected chi connectivity index (χ4v) is 2.12. The zero-order chi connectivity index (χ0) is 15.7. The summed E-state index contributed by atoms with van der Waals surface area (Å²) in [5.74, 6) is 0.0936. The number of hydrogen-bond acceptors (Lipinski definition) is 6. The topological polar surface area (TPSA) is 90.7 Å². The van der Waals surface area contributed by atoms with Gasteiger partial charge in [-0.2, -0.15) is 0 Å². The van der Waals surface area contributed by atoms with Gasteiger partial charge in [0.05, 0.1) is 18.0 Å². The Bertz CT molecular complexity index is 803. The molecule has 0 aliphatic carbocycles. The molecule has 2 heterocycles. The molecule has 3 rings (SSSR count). The van der Waals surface area contributed by atoms with Crippen LogP contribution in [0.2, 0.25) is 0 Å². The van der Waals surface area contributed by atoms with Crippen LogP contribution in [0, 0.1) is 5.82 Å². The first-order valence-corrected chi connectivity index (χ1v) is 7.31. The van der Waals surface area contributed by atoms with E-state index >= 15 is 0 Å². The highest BCUT2D eigenvalue weighted by atomic mass is 79.9. The molecular formula is C14H11BrFN5O. The number of hydrogen-bond donors (Lipinski definition) is 1. The predicted octanol–water partition coefficient (Wildman–Crippen LogP) is 3.37. The smallest absolute Gasteiger partial charge is 0.268 e. The van der Waals surface area contributed by atoms with Crippen LogP contribution in [0.1, 0.15) is 17.3 Å². The van der Waals surface area contributed by atoms with Crippen LogP contribution in [-0.4, -0.2) is 20.2 Å². The average molecular weight is 364 g/mol. The van der Waals surface area contributed by atoms with Crippen molar-refractivity contribution >= 4 is 21.7 Å². The van der Waals surface area contributed by atoms with E-state index in [1.165, 1.54) is 18.5 Å². The minimum Gasteiger partial charge on any atom is -0.414 e. The maximum Gasteiger partial charge on any atom is 0.268 e. The van der Waals surface area contributed by atoms with Crippen LogP contribution >= 0.6 is 15.9 Å². The molecule has 1 atom stereocenters.